The van der Waals surface area contributed by atoms with Crippen LogP contribution < -0.4 is 0 Å². The Bertz CT molecular complexity index is 42.9. The molecule has 0 heterocycles. The van der Waals surface area contributed by atoms with Crippen molar-refractivity contribution in [3.05, 3.63) is 7.66 Å². The summed E-state index contributed by atoms with van der Waals surface area (Å²) in [7, 11) is 0. The minimum absolute atomic E-state index is 1.34. The Labute approximate surface area is 59.3 Å². The summed E-state index contributed by atoms with van der Waals surface area (Å²) in [6, 6.07) is 0. The van der Waals surface area contributed by atoms with Gasteiger partial charge in [-0.25, -0.2) is 0 Å². The lowest BCUT2D eigenvalue weighted by atomic mass is 10.8. The molecule has 5 heavy (non-hydrogen) atoms. The third-order valence-electron chi connectivity index (χ3n) is 0.150. The Balaban J connectivity index is 3.14. The summed E-state index contributed by atoms with van der Waals surface area (Å²) in [6.45, 7) is 2.06. The van der Waals surface area contributed by atoms with Gasteiger partial charge in [0.25, 0.3) is 0 Å². The van der Waals surface area contributed by atoms with Gasteiger partial charge in [0, 0.05) is 0 Å². The van der Waals surface area contributed by atoms with Gasteiger partial charge in [-0.3, -0.25) is 0 Å². The van der Waals surface area contributed by atoms with Crippen LogP contribution in [0.1, 0.15) is 6.92 Å². The highest BCUT2D eigenvalue weighted by Gasteiger charge is 1.65. The molecule has 0 unspecified atom stereocenters. The van der Waals surface area contributed by atoms with E-state index in [-0.39, 0.29) is 0 Å². The molecule has 0 aromatic heterocycles. The van der Waals surface area contributed by atoms with Gasteiger partial charge in [-0.2, -0.15) is 0 Å². The van der Waals surface area contributed by atoms with E-state index in [0.717, 1.165) is 0 Å². The van der Waals surface area contributed by atoms with Gasteiger partial charge in [-0.05, 0) is 37.2 Å². The predicted octanol–water partition coefficient (Wildman–Crippen LogP) is 2.72. The van der Waals surface area contributed by atoms with Gasteiger partial charge in [-0.1, -0.05) is 22.6 Å². The van der Waals surface area contributed by atoms with Crippen molar-refractivity contribution in [3.8, 4) is 0 Å². The van der Waals surface area contributed by atoms with Crippen LogP contribution in [0, 0.1) is 0 Å². The molecule has 0 aromatic rings. The topological polar surface area (TPSA) is 0 Å². The molecule has 0 aliphatic carbocycles. The first kappa shape index (κ1) is 6.20. The summed E-state index contributed by atoms with van der Waals surface area (Å²) >= 11 is 4.47. The fraction of sp³-hybridized carbons (Fsp3) is 0.333. The largest absolute Gasteiger partial charge is 0.0522 e. The first-order chi connectivity index (χ1) is 2.27. The molecule has 0 spiro atoms. The fourth-order valence-electron chi connectivity index (χ4n) is 0. The molecule has 0 N–H and O–H groups in total. The van der Waals surface area contributed by atoms with Gasteiger partial charge in [-0.15, -0.1) is 0 Å². The summed E-state index contributed by atoms with van der Waals surface area (Å²) in [5.74, 6) is 0. The third-order valence-corrected chi connectivity index (χ3v) is 2.59. The maximum Gasteiger partial charge on any atom is -0.00645 e. The first-order valence-corrected chi connectivity index (χ1v) is 3.52. The zero-order chi connectivity index (χ0) is 4.28. The van der Waals surface area contributed by atoms with Gasteiger partial charge in [0.1, 0.15) is 0 Å². The molecule has 0 nitrogen and oxygen atoms in total. The van der Waals surface area contributed by atoms with Crippen LogP contribution in [-0.4, -0.2) is 0 Å². The lowest BCUT2D eigenvalue weighted by Gasteiger charge is -1.69. The first-order valence-electron chi connectivity index (χ1n) is 1.20. The van der Waals surface area contributed by atoms with E-state index in [1.54, 1.807) is 0 Å². The van der Waals surface area contributed by atoms with Crippen molar-refractivity contribution in [1.82, 2.24) is 0 Å². The van der Waals surface area contributed by atoms with Crippen LogP contribution in [0.15, 0.2) is 7.66 Å². The molecule has 0 aliphatic heterocycles. The van der Waals surface area contributed by atoms with Crippen molar-refractivity contribution in [2.24, 2.45) is 0 Å². The Morgan fingerprint density at radius 2 is 2.00 bits per heavy atom. The molecule has 0 rings (SSSR count). The van der Waals surface area contributed by atoms with Crippen LogP contribution in [-0.2, 0) is 0 Å². The van der Waals surface area contributed by atoms with Gasteiger partial charge in [0.2, 0.25) is 0 Å². The van der Waals surface area contributed by atoms with Crippen LogP contribution in [0.25, 0.3) is 0 Å². The number of rotatable bonds is 0. The van der Waals surface area contributed by atoms with Crippen molar-refractivity contribution in [2.45, 2.75) is 6.92 Å². The zero-order valence-corrected chi connectivity index (χ0v) is 7.15. The summed E-state index contributed by atoms with van der Waals surface area (Å²) in [6.07, 6.45) is 0. The van der Waals surface area contributed by atoms with E-state index < -0.39 is 0 Å². The summed E-state index contributed by atoms with van der Waals surface area (Å²) in [5.41, 5.74) is 0. The molecular weight excluding hydrogens is 290 g/mol. The van der Waals surface area contributed by atoms with Crippen LogP contribution in [0.5, 0.6) is 0 Å². The van der Waals surface area contributed by atoms with Crippen LogP contribution in [0.4, 0.5) is 0 Å². The summed E-state index contributed by atoms with van der Waals surface area (Å²) in [5, 5.41) is 0. The van der Waals surface area contributed by atoms with E-state index in [9.17, 15) is 0 Å². The quantitative estimate of drug-likeness (QED) is 0.603. The molecule has 0 atom stereocenters. The average Bonchev–Trinajstić information content (AvgIpc) is 1.38. The number of allylic oxidation sites excluding steroid dienone is 1. The maximum atomic E-state index is 2.26. The molecule has 0 amide bonds. The fourth-order valence-corrected chi connectivity index (χ4v) is 0. The zero-order valence-electron chi connectivity index (χ0n) is 2.83. The van der Waals surface area contributed by atoms with Crippen molar-refractivity contribution in [2.75, 3.05) is 0 Å². The second-order valence-corrected chi connectivity index (χ2v) is 3.02. The lowest BCUT2D eigenvalue weighted by Crippen LogP contribution is -1.39. The van der Waals surface area contributed by atoms with Gasteiger partial charge in [0.15, 0.2) is 0 Å². The molecule has 0 aliphatic rings. The van der Waals surface area contributed by atoms with E-state index in [0.29, 0.717) is 0 Å². The third kappa shape index (κ3) is 5.20. The highest BCUT2D eigenvalue weighted by molar-refractivity contribution is 14.1. The average molecular weight is 294 g/mol. The van der Waals surface area contributed by atoms with Crippen LogP contribution in [0.3, 0.4) is 0 Å². The second kappa shape index (κ2) is 3.39. The second-order valence-electron chi connectivity index (χ2n) is 0.696. The van der Waals surface area contributed by atoms with E-state index in [1.165, 1.54) is 3.58 Å². The van der Waals surface area contributed by atoms with Gasteiger partial charge in [0.05, 0.1) is 0 Å². The number of hydrogen-bond acceptors (Lipinski definition) is 0. The van der Waals surface area contributed by atoms with E-state index in [1.807, 2.05) is 4.08 Å². The van der Waals surface area contributed by atoms with Crippen molar-refractivity contribution in [3.63, 3.8) is 0 Å². The molecule has 0 radical (unpaired) electrons. The van der Waals surface area contributed by atoms with Crippen molar-refractivity contribution in [1.29, 1.82) is 0 Å². The maximum absolute atomic E-state index is 2.26. The number of hydrogen-bond donors (Lipinski definition) is 0. The highest BCUT2D eigenvalue weighted by atomic mass is 127. The van der Waals surface area contributed by atoms with Crippen molar-refractivity contribution < 1.29 is 0 Å². The molecule has 0 bridgehead atoms. The summed E-state index contributed by atoms with van der Waals surface area (Å²) < 4.78 is 3.38. The standard InChI is InChI=1S/C3H4I2/c1-3(5)2-4/h2H,1H3/b3-2+. The number of halogens is 2. The Morgan fingerprint density at radius 1 is 1.80 bits per heavy atom. The molecule has 0 aromatic carbocycles. The molecule has 30 valence electrons. The normalized spacial score (nSPS) is 12.2. The molecule has 0 saturated heterocycles. The van der Waals surface area contributed by atoms with Crippen LogP contribution in [0.2, 0.25) is 0 Å². The molecule has 2 heteroatoms. The van der Waals surface area contributed by atoms with Crippen LogP contribution >= 0.6 is 45.2 Å². The molecule has 0 fully saturated rings. The lowest BCUT2D eigenvalue weighted by molar-refractivity contribution is 1.77. The van der Waals surface area contributed by atoms with E-state index in [2.05, 4.69) is 52.1 Å². The Kier molecular flexibility index (Phi) is 4.21. The Hall–Kier alpha value is 1.20. The predicted molar refractivity (Wildman–Crippen MR) is 41.8 cm³/mol. The Morgan fingerprint density at radius 3 is 2.00 bits per heavy atom. The van der Waals surface area contributed by atoms with E-state index >= 15 is 0 Å². The molecular formula is C3H4I2. The minimum atomic E-state index is 1.34. The summed E-state index contributed by atoms with van der Waals surface area (Å²) in [4.78, 5) is 0. The van der Waals surface area contributed by atoms with Gasteiger partial charge >= 0.3 is 0 Å². The van der Waals surface area contributed by atoms with E-state index in [4.69, 9.17) is 0 Å². The monoisotopic (exact) mass is 294 g/mol. The minimum Gasteiger partial charge on any atom is -0.0522 e. The SMILES string of the molecule is C/C(I)=C\I. The molecule has 0 saturated carbocycles. The highest BCUT2D eigenvalue weighted by Crippen LogP contribution is 2.04. The smallest absolute Gasteiger partial charge is 0.00645 e. The van der Waals surface area contributed by atoms with Gasteiger partial charge < -0.3 is 0 Å². The van der Waals surface area contributed by atoms with Crippen molar-refractivity contribution >= 4 is 45.2 Å².